The topological polar surface area (TPSA) is 69.0 Å². The Morgan fingerprint density at radius 2 is 2.00 bits per heavy atom. The Morgan fingerprint density at radius 1 is 1.22 bits per heavy atom. The molecule has 138 valence electrons. The van der Waals surface area contributed by atoms with E-state index < -0.39 is 0 Å². The van der Waals surface area contributed by atoms with Gasteiger partial charge >= 0.3 is 0 Å². The Kier molecular flexibility index (Phi) is 4.62. The number of pyridine rings is 1. The third kappa shape index (κ3) is 3.56. The van der Waals surface area contributed by atoms with E-state index in [9.17, 15) is 4.79 Å². The van der Waals surface area contributed by atoms with Crippen molar-refractivity contribution in [2.75, 3.05) is 7.11 Å². The summed E-state index contributed by atoms with van der Waals surface area (Å²) in [6, 6.07) is 13.4. The lowest BCUT2D eigenvalue weighted by atomic mass is 10.1. The van der Waals surface area contributed by atoms with E-state index in [4.69, 9.17) is 9.84 Å². The van der Waals surface area contributed by atoms with Crippen LogP contribution in [0.25, 0.3) is 5.69 Å². The molecule has 0 aliphatic heterocycles. The zero-order chi connectivity index (χ0) is 18.8. The second kappa shape index (κ2) is 7.23. The Morgan fingerprint density at radius 3 is 2.63 bits per heavy atom. The number of benzene rings is 1. The van der Waals surface area contributed by atoms with Crippen LogP contribution >= 0.6 is 0 Å². The first kappa shape index (κ1) is 17.3. The van der Waals surface area contributed by atoms with Gasteiger partial charge in [0.1, 0.15) is 5.75 Å². The van der Waals surface area contributed by atoms with Crippen LogP contribution in [0.2, 0.25) is 0 Å². The summed E-state index contributed by atoms with van der Waals surface area (Å²) in [4.78, 5) is 17.2. The number of hydrogen-bond donors (Lipinski definition) is 1. The predicted octanol–water partition coefficient (Wildman–Crippen LogP) is 3.39. The summed E-state index contributed by atoms with van der Waals surface area (Å²) in [5.74, 6) is 1.07. The maximum absolute atomic E-state index is 12.9. The quantitative estimate of drug-likeness (QED) is 0.730. The van der Waals surface area contributed by atoms with Crippen LogP contribution in [0.5, 0.6) is 5.75 Å². The lowest BCUT2D eigenvalue weighted by Crippen LogP contribution is -2.24. The van der Waals surface area contributed by atoms with Crippen molar-refractivity contribution in [2.24, 2.45) is 0 Å². The van der Waals surface area contributed by atoms with Crippen molar-refractivity contribution in [3.8, 4) is 11.4 Å². The fourth-order valence-electron chi connectivity index (χ4n) is 3.18. The van der Waals surface area contributed by atoms with Crippen molar-refractivity contribution in [3.05, 3.63) is 71.3 Å². The third-order valence-corrected chi connectivity index (χ3v) is 4.81. The number of amides is 1. The normalized spacial score (nSPS) is 13.4. The molecule has 1 aromatic carbocycles. The maximum atomic E-state index is 12.9. The SMILES string of the molecule is COc1ccc(-n2nc(C3CC3)c(C(=O)NCc3ccccn3)c2C)cc1. The average molecular weight is 362 g/mol. The first-order valence-corrected chi connectivity index (χ1v) is 9.09. The highest BCUT2D eigenvalue weighted by Gasteiger charge is 2.33. The van der Waals surface area contributed by atoms with Crippen molar-refractivity contribution in [3.63, 3.8) is 0 Å². The number of ether oxygens (including phenoxy) is 1. The number of rotatable bonds is 6. The van der Waals surface area contributed by atoms with Gasteiger partial charge in [0.25, 0.3) is 5.91 Å². The molecular weight excluding hydrogens is 340 g/mol. The van der Waals surface area contributed by atoms with Gasteiger partial charge in [-0.1, -0.05) is 6.07 Å². The van der Waals surface area contributed by atoms with E-state index in [1.165, 1.54) is 0 Å². The molecule has 0 saturated heterocycles. The van der Waals surface area contributed by atoms with Crippen LogP contribution in [0.1, 0.15) is 46.2 Å². The summed E-state index contributed by atoms with van der Waals surface area (Å²) in [6.07, 6.45) is 3.89. The summed E-state index contributed by atoms with van der Waals surface area (Å²) in [6.45, 7) is 2.34. The minimum Gasteiger partial charge on any atom is -0.497 e. The fraction of sp³-hybridized carbons (Fsp3) is 0.286. The lowest BCUT2D eigenvalue weighted by molar-refractivity contribution is 0.0949. The number of nitrogens with one attached hydrogen (secondary N) is 1. The van der Waals surface area contributed by atoms with E-state index in [2.05, 4.69) is 10.3 Å². The van der Waals surface area contributed by atoms with Crippen molar-refractivity contribution in [1.82, 2.24) is 20.1 Å². The number of aromatic nitrogens is 3. The van der Waals surface area contributed by atoms with Crippen LogP contribution in [0.4, 0.5) is 0 Å². The summed E-state index contributed by atoms with van der Waals surface area (Å²) < 4.78 is 7.07. The van der Waals surface area contributed by atoms with Crippen LogP contribution in [0, 0.1) is 6.92 Å². The van der Waals surface area contributed by atoms with Crippen LogP contribution in [0.3, 0.4) is 0 Å². The largest absolute Gasteiger partial charge is 0.497 e. The lowest BCUT2D eigenvalue weighted by Gasteiger charge is -2.07. The van der Waals surface area contributed by atoms with Gasteiger partial charge in [-0.2, -0.15) is 5.10 Å². The minimum absolute atomic E-state index is 0.0974. The molecule has 6 nitrogen and oxygen atoms in total. The molecule has 2 heterocycles. The predicted molar refractivity (Wildman–Crippen MR) is 102 cm³/mol. The molecule has 0 radical (unpaired) electrons. The molecule has 27 heavy (non-hydrogen) atoms. The number of methoxy groups -OCH3 is 1. The first-order chi connectivity index (χ1) is 13.2. The highest BCUT2D eigenvalue weighted by molar-refractivity contribution is 5.96. The number of carbonyl (C=O) groups is 1. The van der Waals surface area contributed by atoms with Gasteiger partial charge in [0, 0.05) is 12.1 Å². The minimum atomic E-state index is -0.0974. The molecular formula is C21H22N4O2. The highest BCUT2D eigenvalue weighted by atomic mass is 16.5. The molecule has 1 saturated carbocycles. The van der Waals surface area contributed by atoms with Gasteiger partial charge in [0.2, 0.25) is 0 Å². The standard InChI is InChI=1S/C21H22N4O2/c1-14-19(21(26)23-13-16-5-3-4-12-22-16)20(15-6-7-15)24-25(14)17-8-10-18(27-2)11-9-17/h3-5,8-12,15H,6-7,13H2,1-2H3,(H,23,26). The maximum Gasteiger partial charge on any atom is 0.255 e. The van der Waals surface area contributed by atoms with E-state index in [1.807, 2.05) is 54.1 Å². The molecule has 1 fully saturated rings. The van der Waals surface area contributed by atoms with E-state index in [-0.39, 0.29) is 5.91 Å². The molecule has 0 atom stereocenters. The van der Waals surface area contributed by atoms with E-state index >= 15 is 0 Å². The smallest absolute Gasteiger partial charge is 0.255 e. The molecule has 0 unspecified atom stereocenters. The molecule has 1 aliphatic carbocycles. The monoisotopic (exact) mass is 362 g/mol. The van der Waals surface area contributed by atoms with Crippen molar-refractivity contribution in [1.29, 1.82) is 0 Å². The summed E-state index contributed by atoms with van der Waals surface area (Å²) in [5.41, 5.74) is 4.17. The van der Waals surface area contributed by atoms with Gasteiger partial charge in [0.05, 0.1) is 42.0 Å². The zero-order valence-electron chi connectivity index (χ0n) is 15.5. The Labute approximate surface area is 158 Å². The van der Waals surface area contributed by atoms with Gasteiger partial charge in [-0.25, -0.2) is 4.68 Å². The summed E-state index contributed by atoms with van der Waals surface area (Å²) in [5, 5.41) is 7.76. The van der Waals surface area contributed by atoms with E-state index in [1.54, 1.807) is 13.3 Å². The molecule has 0 spiro atoms. The zero-order valence-corrected chi connectivity index (χ0v) is 15.5. The molecule has 1 N–H and O–H groups in total. The molecule has 1 aliphatic rings. The van der Waals surface area contributed by atoms with Gasteiger partial charge in [-0.15, -0.1) is 0 Å². The summed E-state index contributed by atoms with van der Waals surface area (Å²) in [7, 11) is 1.64. The molecule has 2 aromatic heterocycles. The van der Waals surface area contributed by atoms with Crippen molar-refractivity contribution >= 4 is 5.91 Å². The van der Waals surface area contributed by atoms with Crippen LogP contribution in [-0.2, 0) is 6.54 Å². The molecule has 1 amide bonds. The Balaban J connectivity index is 1.63. The van der Waals surface area contributed by atoms with Crippen molar-refractivity contribution in [2.45, 2.75) is 32.2 Å². The first-order valence-electron chi connectivity index (χ1n) is 9.09. The molecule has 4 rings (SSSR count). The van der Waals surface area contributed by atoms with Gasteiger partial charge < -0.3 is 10.1 Å². The van der Waals surface area contributed by atoms with Crippen LogP contribution in [-0.4, -0.2) is 27.8 Å². The van der Waals surface area contributed by atoms with E-state index in [0.717, 1.165) is 41.4 Å². The average Bonchev–Trinajstić information content (AvgIpc) is 3.50. The third-order valence-electron chi connectivity index (χ3n) is 4.81. The van der Waals surface area contributed by atoms with Crippen molar-refractivity contribution < 1.29 is 9.53 Å². The number of carbonyl (C=O) groups excluding carboxylic acids is 1. The fourth-order valence-corrected chi connectivity index (χ4v) is 3.18. The number of hydrogen-bond acceptors (Lipinski definition) is 4. The molecule has 0 bridgehead atoms. The van der Waals surface area contributed by atoms with Gasteiger partial charge in [-0.05, 0) is 56.2 Å². The molecule has 3 aromatic rings. The summed E-state index contributed by atoms with van der Waals surface area (Å²) >= 11 is 0. The van der Waals surface area contributed by atoms with Crippen LogP contribution in [0.15, 0.2) is 48.7 Å². The highest BCUT2D eigenvalue weighted by Crippen LogP contribution is 2.42. The Bertz CT molecular complexity index is 944. The van der Waals surface area contributed by atoms with Gasteiger partial charge in [0.15, 0.2) is 0 Å². The van der Waals surface area contributed by atoms with E-state index in [0.29, 0.717) is 18.0 Å². The van der Waals surface area contributed by atoms with Crippen LogP contribution < -0.4 is 10.1 Å². The number of nitrogens with zero attached hydrogens (tertiary/aromatic N) is 3. The Hall–Kier alpha value is -3.15. The van der Waals surface area contributed by atoms with Gasteiger partial charge in [-0.3, -0.25) is 9.78 Å². The molecule has 6 heteroatoms. The second-order valence-corrected chi connectivity index (χ2v) is 6.73. The second-order valence-electron chi connectivity index (χ2n) is 6.73.